The van der Waals surface area contributed by atoms with Gasteiger partial charge in [0.2, 0.25) is 0 Å². The molecule has 0 saturated heterocycles. The van der Waals surface area contributed by atoms with Gasteiger partial charge in [0.15, 0.2) is 0 Å². The zero-order valence-corrected chi connectivity index (χ0v) is 11.9. The monoisotopic (exact) mass is 235 g/mol. The highest BCUT2D eigenvalue weighted by molar-refractivity contribution is 5.57. The Bertz CT molecular complexity index is 242. The Balaban J connectivity index is 2.11. The third-order valence-electron chi connectivity index (χ3n) is 3.61. The van der Waals surface area contributed by atoms with Crippen LogP contribution in [0.5, 0.6) is 0 Å². The van der Waals surface area contributed by atoms with Crippen molar-refractivity contribution < 1.29 is 0 Å². The Labute approximate surface area is 107 Å². The van der Waals surface area contributed by atoms with Crippen molar-refractivity contribution in [1.82, 2.24) is 0 Å². The van der Waals surface area contributed by atoms with Crippen LogP contribution in [0.15, 0.2) is 16.6 Å². The van der Waals surface area contributed by atoms with Gasteiger partial charge in [-0.05, 0) is 58.1 Å². The predicted molar refractivity (Wildman–Crippen MR) is 77.8 cm³/mol. The van der Waals surface area contributed by atoms with Crippen LogP contribution in [0.25, 0.3) is 0 Å². The molecule has 0 aliphatic heterocycles. The maximum absolute atomic E-state index is 4.73. The number of nitrogens with zero attached hydrogens (tertiary/aromatic N) is 1. The van der Waals surface area contributed by atoms with E-state index in [2.05, 4.69) is 33.1 Å². The smallest absolute Gasteiger partial charge is 0.0495 e. The fourth-order valence-corrected chi connectivity index (χ4v) is 2.39. The summed E-state index contributed by atoms with van der Waals surface area (Å²) in [5.74, 6) is 0.776. The minimum Gasteiger partial charge on any atom is -0.294 e. The SMILES string of the molecule is CC(C)=CCC[C@@H](C)CC=NC1CCCCC1. The van der Waals surface area contributed by atoms with Gasteiger partial charge in [0.05, 0.1) is 0 Å². The summed E-state index contributed by atoms with van der Waals surface area (Å²) in [6, 6.07) is 0.647. The average Bonchev–Trinajstić information content (AvgIpc) is 2.30. The lowest BCUT2D eigenvalue weighted by atomic mass is 9.96. The minimum atomic E-state index is 0.647. The lowest BCUT2D eigenvalue weighted by molar-refractivity contribution is 0.443. The topological polar surface area (TPSA) is 12.4 Å². The van der Waals surface area contributed by atoms with E-state index in [1.807, 2.05) is 0 Å². The molecule has 0 radical (unpaired) electrons. The highest BCUT2D eigenvalue weighted by Gasteiger charge is 2.10. The van der Waals surface area contributed by atoms with Gasteiger partial charge in [-0.15, -0.1) is 0 Å². The first-order chi connectivity index (χ1) is 8.18. The van der Waals surface area contributed by atoms with Crippen molar-refractivity contribution in [2.75, 3.05) is 0 Å². The highest BCUT2D eigenvalue weighted by Crippen LogP contribution is 2.20. The van der Waals surface area contributed by atoms with E-state index in [1.54, 1.807) is 0 Å². The Kier molecular flexibility index (Phi) is 7.23. The Morgan fingerprint density at radius 1 is 1.24 bits per heavy atom. The minimum absolute atomic E-state index is 0.647. The summed E-state index contributed by atoms with van der Waals surface area (Å²) < 4.78 is 0. The highest BCUT2D eigenvalue weighted by atomic mass is 14.8. The van der Waals surface area contributed by atoms with Crippen molar-refractivity contribution in [3.05, 3.63) is 11.6 Å². The van der Waals surface area contributed by atoms with Crippen molar-refractivity contribution in [2.45, 2.75) is 78.2 Å². The van der Waals surface area contributed by atoms with Crippen LogP contribution >= 0.6 is 0 Å². The third kappa shape index (κ3) is 7.36. The predicted octanol–water partition coefficient (Wildman–Crippen LogP) is 5.16. The van der Waals surface area contributed by atoms with Crippen molar-refractivity contribution in [3.8, 4) is 0 Å². The van der Waals surface area contributed by atoms with Crippen LogP contribution in [0.1, 0.15) is 72.1 Å². The molecular weight excluding hydrogens is 206 g/mol. The molecule has 1 heteroatoms. The summed E-state index contributed by atoms with van der Waals surface area (Å²) in [5, 5.41) is 0. The molecule has 1 saturated carbocycles. The molecule has 1 atom stereocenters. The van der Waals surface area contributed by atoms with Crippen LogP contribution in [-0.4, -0.2) is 12.3 Å². The third-order valence-corrected chi connectivity index (χ3v) is 3.61. The molecule has 0 bridgehead atoms. The standard InChI is InChI=1S/C16H29N/c1-14(2)8-7-9-15(3)12-13-17-16-10-5-4-6-11-16/h8,13,15-16H,4-7,9-12H2,1-3H3/t15-/m1/s1. The Morgan fingerprint density at radius 3 is 2.59 bits per heavy atom. The number of hydrogen-bond donors (Lipinski definition) is 0. The summed E-state index contributed by atoms with van der Waals surface area (Å²) >= 11 is 0. The summed E-state index contributed by atoms with van der Waals surface area (Å²) in [4.78, 5) is 4.73. The summed E-state index contributed by atoms with van der Waals surface area (Å²) in [5.41, 5.74) is 1.44. The van der Waals surface area contributed by atoms with E-state index in [-0.39, 0.29) is 0 Å². The Morgan fingerprint density at radius 2 is 1.94 bits per heavy atom. The van der Waals surface area contributed by atoms with Crippen LogP contribution in [-0.2, 0) is 0 Å². The van der Waals surface area contributed by atoms with E-state index in [1.165, 1.54) is 50.5 Å². The van der Waals surface area contributed by atoms with Gasteiger partial charge >= 0.3 is 0 Å². The van der Waals surface area contributed by atoms with E-state index in [0.717, 1.165) is 12.3 Å². The van der Waals surface area contributed by atoms with Gasteiger partial charge in [0.1, 0.15) is 0 Å². The molecule has 0 aromatic heterocycles. The molecule has 0 spiro atoms. The van der Waals surface area contributed by atoms with Gasteiger partial charge in [-0.25, -0.2) is 0 Å². The van der Waals surface area contributed by atoms with Gasteiger partial charge in [-0.1, -0.05) is 37.8 Å². The van der Waals surface area contributed by atoms with Gasteiger partial charge in [0.25, 0.3) is 0 Å². The van der Waals surface area contributed by atoms with E-state index in [0.29, 0.717) is 6.04 Å². The largest absolute Gasteiger partial charge is 0.294 e. The van der Waals surface area contributed by atoms with Crippen molar-refractivity contribution >= 4 is 6.21 Å². The van der Waals surface area contributed by atoms with Crippen molar-refractivity contribution in [3.63, 3.8) is 0 Å². The van der Waals surface area contributed by atoms with E-state index >= 15 is 0 Å². The number of aliphatic imine (C=N–C) groups is 1. The molecule has 1 aliphatic rings. The van der Waals surface area contributed by atoms with Gasteiger partial charge in [0, 0.05) is 6.04 Å². The summed E-state index contributed by atoms with van der Waals surface area (Å²) in [6.07, 6.45) is 15.1. The van der Waals surface area contributed by atoms with Crippen molar-refractivity contribution in [2.24, 2.45) is 10.9 Å². The molecule has 17 heavy (non-hydrogen) atoms. The average molecular weight is 235 g/mol. The second kappa shape index (κ2) is 8.49. The maximum Gasteiger partial charge on any atom is 0.0495 e. The number of allylic oxidation sites excluding steroid dienone is 2. The molecule has 0 aromatic carbocycles. The summed E-state index contributed by atoms with van der Waals surface area (Å²) in [7, 11) is 0. The van der Waals surface area contributed by atoms with Crippen LogP contribution in [0.2, 0.25) is 0 Å². The van der Waals surface area contributed by atoms with Gasteiger partial charge in [-0.3, -0.25) is 4.99 Å². The van der Waals surface area contributed by atoms with Crippen molar-refractivity contribution in [1.29, 1.82) is 0 Å². The number of rotatable bonds is 6. The van der Waals surface area contributed by atoms with E-state index in [9.17, 15) is 0 Å². The number of hydrogen-bond acceptors (Lipinski definition) is 1. The first kappa shape index (κ1) is 14.5. The van der Waals surface area contributed by atoms with Crippen LogP contribution in [0, 0.1) is 5.92 Å². The van der Waals surface area contributed by atoms with E-state index in [4.69, 9.17) is 4.99 Å². The lowest BCUT2D eigenvalue weighted by Crippen LogP contribution is -2.09. The first-order valence-corrected chi connectivity index (χ1v) is 7.33. The summed E-state index contributed by atoms with van der Waals surface area (Å²) in [6.45, 7) is 6.69. The zero-order chi connectivity index (χ0) is 12.5. The molecule has 0 amide bonds. The molecule has 1 rings (SSSR count). The molecule has 0 aromatic rings. The molecule has 0 N–H and O–H groups in total. The van der Waals surface area contributed by atoms with Crippen LogP contribution < -0.4 is 0 Å². The normalized spacial score (nSPS) is 19.5. The second-order valence-electron chi connectivity index (χ2n) is 5.82. The maximum atomic E-state index is 4.73. The molecular formula is C16H29N. The Hall–Kier alpha value is -0.590. The van der Waals surface area contributed by atoms with Gasteiger partial charge < -0.3 is 0 Å². The fraction of sp³-hybridized carbons (Fsp3) is 0.812. The zero-order valence-electron chi connectivity index (χ0n) is 11.9. The molecule has 1 nitrogen and oxygen atoms in total. The lowest BCUT2D eigenvalue weighted by Gasteiger charge is -2.17. The molecule has 1 aliphatic carbocycles. The first-order valence-electron chi connectivity index (χ1n) is 7.33. The fourth-order valence-electron chi connectivity index (χ4n) is 2.39. The van der Waals surface area contributed by atoms with Crippen LogP contribution in [0.4, 0.5) is 0 Å². The quantitative estimate of drug-likeness (QED) is 0.445. The molecule has 0 unspecified atom stereocenters. The van der Waals surface area contributed by atoms with E-state index < -0.39 is 0 Å². The molecule has 1 fully saturated rings. The second-order valence-corrected chi connectivity index (χ2v) is 5.82. The molecule has 0 heterocycles. The molecule has 98 valence electrons. The van der Waals surface area contributed by atoms with Gasteiger partial charge in [-0.2, -0.15) is 0 Å². The van der Waals surface area contributed by atoms with Crippen LogP contribution in [0.3, 0.4) is 0 Å².